The lowest BCUT2D eigenvalue weighted by Crippen LogP contribution is -2.38. The number of carbonyl (C=O) groups excluding carboxylic acids is 1. The van der Waals surface area contributed by atoms with Crippen molar-refractivity contribution in [1.82, 2.24) is 5.32 Å². The van der Waals surface area contributed by atoms with Crippen molar-refractivity contribution >= 4 is 5.91 Å². The highest BCUT2D eigenvalue weighted by Gasteiger charge is 2.17. The number of nitrogens with one attached hydrogen (secondary N) is 1. The number of carbonyl (C=O) groups is 1. The molecule has 122 valence electrons. The molecule has 1 amide bonds. The van der Waals surface area contributed by atoms with Crippen molar-refractivity contribution in [3.05, 3.63) is 65.7 Å². The summed E-state index contributed by atoms with van der Waals surface area (Å²) in [6, 6.07) is 18.1. The molecular weight excluding hydrogens is 286 g/mol. The lowest BCUT2D eigenvalue weighted by Gasteiger charge is -2.17. The van der Waals surface area contributed by atoms with Crippen molar-refractivity contribution in [1.29, 1.82) is 0 Å². The van der Waals surface area contributed by atoms with Gasteiger partial charge in [-0.15, -0.1) is 0 Å². The molecule has 0 bridgehead atoms. The van der Waals surface area contributed by atoms with Crippen LogP contribution >= 0.6 is 0 Å². The second-order valence-corrected chi connectivity index (χ2v) is 5.71. The number of rotatable bonds is 8. The molecular formula is C20H25NO2. The summed E-state index contributed by atoms with van der Waals surface area (Å²) in [6.07, 6.45) is 2.11. The van der Waals surface area contributed by atoms with Gasteiger partial charge in [-0.3, -0.25) is 4.79 Å². The molecule has 1 N–H and O–H groups in total. The van der Waals surface area contributed by atoms with Gasteiger partial charge in [0.2, 0.25) is 0 Å². The lowest BCUT2D eigenvalue weighted by molar-refractivity contribution is -0.128. The Labute approximate surface area is 138 Å². The third kappa shape index (κ3) is 5.78. The third-order valence-electron chi connectivity index (χ3n) is 3.72. The number of ether oxygens (including phenoxy) is 1. The van der Waals surface area contributed by atoms with Crippen molar-refractivity contribution in [2.75, 3.05) is 6.54 Å². The zero-order chi connectivity index (χ0) is 16.5. The molecule has 0 aliphatic rings. The van der Waals surface area contributed by atoms with E-state index in [2.05, 4.69) is 17.4 Å². The number of aryl methyl sites for hydroxylation is 2. The number of hydrogen-bond donors (Lipinski definition) is 1. The fraction of sp³-hybridized carbons (Fsp3) is 0.350. The molecule has 0 aliphatic heterocycles. The van der Waals surface area contributed by atoms with Crippen LogP contribution in [0.1, 0.15) is 30.9 Å². The first kappa shape index (κ1) is 17.1. The summed E-state index contributed by atoms with van der Waals surface area (Å²) in [5, 5.41) is 2.97. The largest absolute Gasteiger partial charge is 0.481 e. The van der Waals surface area contributed by atoms with Gasteiger partial charge < -0.3 is 10.1 Å². The molecule has 0 heterocycles. The molecule has 0 radical (unpaired) electrons. The summed E-state index contributed by atoms with van der Waals surface area (Å²) >= 11 is 0. The van der Waals surface area contributed by atoms with Crippen molar-refractivity contribution in [2.45, 2.75) is 39.2 Å². The zero-order valence-corrected chi connectivity index (χ0v) is 13.9. The van der Waals surface area contributed by atoms with Gasteiger partial charge in [-0.05, 0) is 49.4 Å². The first-order chi connectivity index (χ1) is 11.2. The highest BCUT2D eigenvalue weighted by atomic mass is 16.5. The Hall–Kier alpha value is -2.29. The molecule has 2 aromatic carbocycles. The van der Waals surface area contributed by atoms with Gasteiger partial charge in [0, 0.05) is 6.54 Å². The van der Waals surface area contributed by atoms with Crippen molar-refractivity contribution in [3.63, 3.8) is 0 Å². The maximum atomic E-state index is 12.2. The Morgan fingerprint density at radius 3 is 2.61 bits per heavy atom. The summed E-state index contributed by atoms with van der Waals surface area (Å²) in [4.78, 5) is 12.2. The van der Waals surface area contributed by atoms with Gasteiger partial charge in [0.1, 0.15) is 5.75 Å². The fourth-order valence-electron chi connectivity index (χ4n) is 2.44. The monoisotopic (exact) mass is 311 g/mol. The molecule has 1 atom stereocenters. The minimum Gasteiger partial charge on any atom is -0.481 e. The van der Waals surface area contributed by atoms with Crippen LogP contribution in [-0.2, 0) is 11.2 Å². The van der Waals surface area contributed by atoms with Gasteiger partial charge >= 0.3 is 0 Å². The maximum Gasteiger partial charge on any atom is 0.261 e. The van der Waals surface area contributed by atoms with Crippen LogP contribution in [0.3, 0.4) is 0 Å². The average molecular weight is 311 g/mol. The summed E-state index contributed by atoms with van der Waals surface area (Å²) in [6.45, 7) is 4.64. The standard InChI is InChI=1S/C20H25NO2/c1-3-19(23-18-13-7-9-16(2)15-18)20(22)21-14-8-12-17-10-5-4-6-11-17/h4-7,9-11,13,15,19H,3,8,12,14H2,1-2H3,(H,21,22)/t19-/m0/s1. The van der Waals surface area contributed by atoms with Gasteiger partial charge in [0.15, 0.2) is 6.10 Å². The summed E-state index contributed by atoms with van der Waals surface area (Å²) in [7, 11) is 0. The molecule has 0 aliphatic carbocycles. The predicted molar refractivity (Wildman–Crippen MR) is 93.7 cm³/mol. The molecule has 0 unspecified atom stereocenters. The van der Waals surface area contributed by atoms with Crippen molar-refractivity contribution in [2.24, 2.45) is 0 Å². The molecule has 0 saturated carbocycles. The molecule has 2 aromatic rings. The van der Waals surface area contributed by atoms with Crippen LogP contribution in [0, 0.1) is 6.92 Å². The minimum atomic E-state index is -0.437. The molecule has 0 fully saturated rings. The van der Waals surface area contributed by atoms with Crippen molar-refractivity contribution in [3.8, 4) is 5.75 Å². The van der Waals surface area contributed by atoms with Crippen LogP contribution in [0.25, 0.3) is 0 Å². The molecule has 0 aromatic heterocycles. The van der Waals surface area contributed by atoms with E-state index in [1.54, 1.807) is 0 Å². The molecule has 0 spiro atoms. The van der Waals surface area contributed by atoms with E-state index in [9.17, 15) is 4.79 Å². The van der Waals surface area contributed by atoms with E-state index in [0.29, 0.717) is 13.0 Å². The van der Waals surface area contributed by atoms with Crippen LogP contribution in [0.5, 0.6) is 5.75 Å². The van der Waals surface area contributed by atoms with E-state index in [1.807, 2.05) is 56.3 Å². The van der Waals surface area contributed by atoms with E-state index in [-0.39, 0.29) is 5.91 Å². The highest BCUT2D eigenvalue weighted by Crippen LogP contribution is 2.15. The number of benzene rings is 2. The smallest absolute Gasteiger partial charge is 0.261 e. The second-order valence-electron chi connectivity index (χ2n) is 5.71. The topological polar surface area (TPSA) is 38.3 Å². The van der Waals surface area contributed by atoms with Crippen LogP contribution in [-0.4, -0.2) is 18.6 Å². The SMILES string of the molecule is CC[C@H](Oc1cccc(C)c1)C(=O)NCCCc1ccccc1. The van der Waals surface area contributed by atoms with Crippen LogP contribution < -0.4 is 10.1 Å². The second kappa shape index (κ2) is 8.99. The minimum absolute atomic E-state index is 0.0398. The van der Waals surface area contributed by atoms with E-state index < -0.39 is 6.10 Å². The molecule has 0 saturated heterocycles. The van der Waals surface area contributed by atoms with E-state index >= 15 is 0 Å². The number of hydrogen-bond acceptors (Lipinski definition) is 2. The van der Waals surface area contributed by atoms with Crippen LogP contribution in [0.2, 0.25) is 0 Å². The predicted octanol–water partition coefficient (Wildman–Crippen LogP) is 3.90. The van der Waals surface area contributed by atoms with Gasteiger partial charge in [-0.25, -0.2) is 0 Å². The molecule has 3 nitrogen and oxygen atoms in total. The first-order valence-electron chi connectivity index (χ1n) is 8.24. The average Bonchev–Trinajstić information content (AvgIpc) is 2.57. The maximum absolute atomic E-state index is 12.2. The van der Waals surface area contributed by atoms with E-state index in [1.165, 1.54) is 5.56 Å². The van der Waals surface area contributed by atoms with Gasteiger partial charge in [0.05, 0.1) is 0 Å². The fourth-order valence-corrected chi connectivity index (χ4v) is 2.44. The van der Waals surface area contributed by atoms with Crippen molar-refractivity contribution < 1.29 is 9.53 Å². The lowest BCUT2D eigenvalue weighted by atomic mass is 10.1. The first-order valence-corrected chi connectivity index (χ1v) is 8.24. The Kier molecular flexibility index (Phi) is 6.67. The Morgan fingerprint density at radius 1 is 1.13 bits per heavy atom. The van der Waals surface area contributed by atoms with Crippen LogP contribution in [0.15, 0.2) is 54.6 Å². The summed E-state index contributed by atoms with van der Waals surface area (Å²) in [5.74, 6) is 0.707. The third-order valence-corrected chi connectivity index (χ3v) is 3.72. The zero-order valence-electron chi connectivity index (χ0n) is 13.9. The Bertz CT molecular complexity index is 610. The normalized spacial score (nSPS) is 11.7. The number of amides is 1. The van der Waals surface area contributed by atoms with Gasteiger partial charge in [-0.2, -0.15) is 0 Å². The highest BCUT2D eigenvalue weighted by molar-refractivity contribution is 5.81. The Morgan fingerprint density at radius 2 is 1.91 bits per heavy atom. The summed E-state index contributed by atoms with van der Waals surface area (Å²) < 4.78 is 5.81. The van der Waals surface area contributed by atoms with E-state index in [4.69, 9.17) is 4.74 Å². The van der Waals surface area contributed by atoms with Crippen LogP contribution in [0.4, 0.5) is 0 Å². The molecule has 2 rings (SSSR count). The molecule has 23 heavy (non-hydrogen) atoms. The van der Waals surface area contributed by atoms with Gasteiger partial charge in [0.25, 0.3) is 5.91 Å². The Balaban J connectivity index is 1.76. The quantitative estimate of drug-likeness (QED) is 0.751. The molecule has 3 heteroatoms. The summed E-state index contributed by atoms with van der Waals surface area (Å²) in [5.41, 5.74) is 2.42. The van der Waals surface area contributed by atoms with Gasteiger partial charge in [-0.1, -0.05) is 49.4 Å². The van der Waals surface area contributed by atoms with E-state index in [0.717, 1.165) is 24.2 Å².